The fourth-order valence-electron chi connectivity index (χ4n) is 2.24. The molecule has 2 heterocycles. The fraction of sp³-hybridized carbons (Fsp3) is 0.583. The van der Waals surface area contributed by atoms with Gasteiger partial charge in [0, 0.05) is 38.4 Å². The molecule has 4 nitrogen and oxygen atoms in total. The van der Waals surface area contributed by atoms with Gasteiger partial charge in [0.15, 0.2) is 0 Å². The molecule has 17 heavy (non-hydrogen) atoms. The molecule has 1 fully saturated rings. The van der Waals surface area contributed by atoms with Crippen molar-refractivity contribution in [3.8, 4) is 0 Å². The number of aliphatic hydroxyl groups is 1. The molecular weight excluding hydrogens is 240 g/mol. The van der Waals surface area contributed by atoms with E-state index in [0.29, 0.717) is 17.3 Å². The molecule has 0 aliphatic carbocycles. The van der Waals surface area contributed by atoms with E-state index in [4.69, 9.17) is 16.7 Å². The number of aliphatic hydroxyl groups excluding tert-OH is 1. The van der Waals surface area contributed by atoms with Gasteiger partial charge >= 0.3 is 0 Å². The molecule has 1 aromatic rings. The predicted octanol–water partition coefficient (Wildman–Crippen LogP) is 1.62. The fourth-order valence-corrected chi connectivity index (χ4v) is 2.46. The van der Waals surface area contributed by atoms with Gasteiger partial charge < -0.3 is 14.6 Å². The lowest BCUT2D eigenvalue weighted by molar-refractivity contribution is 0.0771. The van der Waals surface area contributed by atoms with Gasteiger partial charge in [-0.25, -0.2) is 0 Å². The highest BCUT2D eigenvalue weighted by Crippen LogP contribution is 2.21. The van der Waals surface area contributed by atoms with E-state index < -0.39 is 0 Å². The van der Waals surface area contributed by atoms with Crippen LogP contribution in [0.4, 0.5) is 0 Å². The summed E-state index contributed by atoms with van der Waals surface area (Å²) in [5.41, 5.74) is 0.635. The first-order valence-corrected chi connectivity index (χ1v) is 6.29. The zero-order valence-electron chi connectivity index (χ0n) is 9.90. The van der Waals surface area contributed by atoms with Crippen LogP contribution in [-0.2, 0) is 6.54 Å². The van der Waals surface area contributed by atoms with E-state index in [1.807, 2.05) is 11.5 Å². The molecule has 1 unspecified atom stereocenters. The van der Waals surface area contributed by atoms with Crippen LogP contribution in [0.25, 0.3) is 0 Å². The average molecular weight is 257 g/mol. The molecule has 1 atom stereocenters. The average Bonchev–Trinajstić information content (AvgIpc) is 2.93. The normalized spacial score (nSPS) is 19.9. The number of carbonyl (C=O) groups is 1. The number of halogens is 1. The molecule has 0 aromatic carbocycles. The first kappa shape index (κ1) is 12.5. The third-order valence-corrected chi connectivity index (χ3v) is 3.46. The van der Waals surface area contributed by atoms with Gasteiger partial charge in [-0.15, -0.1) is 0 Å². The van der Waals surface area contributed by atoms with Gasteiger partial charge in [-0.2, -0.15) is 0 Å². The van der Waals surface area contributed by atoms with Crippen molar-refractivity contribution in [2.45, 2.75) is 19.9 Å². The number of amides is 1. The second-order valence-corrected chi connectivity index (χ2v) is 4.85. The summed E-state index contributed by atoms with van der Waals surface area (Å²) in [7, 11) is 0. The SMILES string of the molecule is CCn1cc(Cl)cc1C(=O)N1CCC(CO)C1. The summed E-state index contributed by atoms with van der Waals surface area (Å²) < 4.78 is 1.86. The summed E-state index contributed by atoms with van der Waals surface area (Å²) in [5, 5.41) is 9.67. The van der Waals surface area contributed by atoms with Gasteiger partial charge in [-0.05, 0) is 19.4 Å². The highest BCUT2D eigenvalue weighted by molar-refractivity contribution is 6.31. The van der Waals surface area contributed by atoms with Gasteiger partial charge in [-0.3, -0.25) is 4.79 Å². The Kier molecular flexibility index (Phi) is 3.74. The molecule has 0 bridgehead atoms. The third-order valence-electron chi connectivity index (χ3n) is 3.25. The molecule has 1 aromatic heterocycles. The zero-order valence-corrected chi connectivity index (χ0v) is 10.7. The van der Waals surface area contributed by atoms with Crippen LogP contribution in [0.15, 0.2) is 12.3 Å². The Morgan fingerprint density at radius 3 is 3.00 bits per heavy atom. The summed E-state index contributed by atoms with van der Waals surface area (Å²) in [6, 6.07) is 1.71. The van der Waals surface area contributed by atoms with E-state index in [9.17, 15) is 4.79 Å². The molecule has 1 saturated heterocycles. The van der Waals surface area contributed by atoms with Crippen LogP contribution in [0.3, 0.4) is 0 Å². The monoisotopic (exact) mass is 256 g/mol. The maximum atomic E-state index is 12.3. The van der Waals surface area contributed by atoms with Gasteiger partial charge in [0.25, 0.3) is 5.91 Å². The van der Waals surface area contributed by atoms with Crippen LogP contribution >= 0.6 is 11.6 Å². The molecule has 0 spiro atoms. The zero-order chi connectivity index (χ0) is 12.4. The molecule has 1 amide bonds. The number of hydrogen-bond acceptors (Lipinski definition) is 2. The number of nitrogens with zero attached hydrogens (tertiary/aromatic N) is 2. The summed E-state index contributed by atoms with van der Waals surface area (Å²) >= 11 is 5.92. The Morgan fingerprint density at radius 2 is 2.41 bits per heavy atom. The number of aryl methyl sites for hydroxylation is 1. The van der Waals surface area contributed by atoms with Gasteiger partial charge in [0.1, 0.15) is 5.69 Å². The molecule has 5 heteroatoms. The van der Waals surface area contributed by atoms with Crippen molar-refractivity contribution in [2.75, 3.05) is 19.7 Å². The van der Waals surface area contributed by atoms with Crippen LogP contribution in [0.1, 0.15) is 23.8 Å². The Balaban J connectivity index is 2.14. The topological polar surface area (TPSA) is 45.5 Å². The number of aromatic nitrogens is 1. The van der Waals surface area contributed by atoms with E-state index in [1.165, 1.54) is 0 Å². The van der Waals surface area contributed by atoms with Crippen molar-refractivity contribution in [3.63, 3.8) is 0 Å². The van der Waals surface area contributed by atoms with E-state index in [-0.39, 0.29) is 18.4 Å². The maximum Gasteiger partial charge on any atom is 0.270 e. The Bertz CT molecular complexity index is 417. The first-order valence-electron chi connectivity index (χ1n) is 5.91. The van der Waals surface area contributed by atoms with Crippen molar-refractivity contribution >= 4 is 17.5 Å². The summed E-state index contributed by atoms with van der Waals surface area (Å²) in [5.74, 6) is 0.231. The number of likely N-dealkylation sites (tertiary alicyclic amines) is 1. The lowest BCUT2D eigenvalue weighted by atomic mass is 10.1. The van der Waals surface area contributed by atoms with Crippen molar-refractivity contribution in [3.05, 3.63) is 23.0 Å². The molecule has 0 radical (unpaired) electrons. The number of hydrogen-bond donors (Lipinski definition) is 1. The van der Waals surface area contributed by atoms with Crippen molar-refractivity contribution in [1.29, 1.82) is 0 Å². The molecule has 1 aliphatic heterocycles. The van der Waals surface area contributed by atoms with Crippen molar-refractivity contribution in [1.82, 2.24) is 9.47 Å². The standard InChI is InChI=1S/C12H17ClN2O2/c1-2-14-7-10(13)5-11(14)12(17)15-4-3-9(6-15)8-16/h5,7,9,16H,2-4,6,8H2,1H3. The van der Waals surface area contributed by atoms with Gasteiger partial charge in [0.2, 0.25) is 0 Å². The molecule has 1 N–H and O–H groups in total. The van der Waals surface area contributed by atoms with Crippen LogP contribution in [0, 0.1) is 5.92 Å². The Labute approximate surface area is 106 Å². The van der Waals surface area contributed by atoms with Crippen molar-refractivity contribution < 1.29 is 9.90 Å². The maximum absolute atomic E-state index is 12.3. The van der Waals surface area contributed by atoms with Crippen LogP contribution in [0.5, 0.6) is 0 Å². The Morgan fingerprint density at radius 1 is 1.65 bits per heavy atom. The summed E-state index contributed by atoms with van der Waals surface area (Å²) in [4.78, 5) is 14.1. The first-order chi connectivity index (χ1) is 8.15. The quantitative estimate of drug-likeness (QED) is 0.893. The largest absolute Gasteiger partial charge is 0.396 e. The molecule has 94 valence electrons. The second kappa shape index (κ2) is 5.10. The van der Waals surface area contributed by atoms with E-state index >= 15 is 0 Å². The van der Waals surface area contributed by atoms with Crippen LogP contribution in [0.2, 0.25) is 5.02 Å². The molecule has 1 aliphatic rings. The van der Waals surface area contributed by atoms with Crippen LogP contribution < -0.4 is 0 Å². The van der Waals surface area contributed by atoms with Gasteiger partial charge in [0.05, 0.1) is 5.02 Å². The van der Waals surface area contributed by atoms with E-state index in [1.54, 1.807) is 17.2 Å². The summed E-state index contributed by atoms with van der Waals surface area (Å²) in [6.07, 6.45) is 2.65. The summed E-state index contributed by atoms with van der Waals surface area (Å²) in [6.45, 7) is 4.22. The van der Waals surface area contributed by atoms with E-state index in [0.717, 1.165) is 19.5 Å². The second-order valence-electron chi connectivity index (χ2n) is 4.42. The number of rotatable bonds is 3. The minimum atomic E-state index is 0.00898. The third kappa shape index (κ3) is 2.48. The molecule has 2 rings (SSSR count). The predicted molar refractivity (Wildman–Crippen MR) is 66.2 cm³/mol. The van der Waals surface area contributed by atoms with Gasteiger partial charge in [-0.1, -0.05) is 11.6 Å². The highest BCUT2D eigenvalue weighted by atomic mass is 35.5. The Hall–Kier alpha value is -1.00. The van der Waals surface area contributed by atoms with E-state index in [2.05, 4.69) is 0 Å². The lowest BCUT2D eigenvalue weighted by Crippen LogP contribution is -2.30. The molecular formula is C12H17ClN2O2. The van der Waals surface area contributed by atoms with Crippen molar-refractivity contribution in [2.24, 2.45) is 5.92 Å². The smallest absolute Gasteiger partial charge is 0.270 e. The van der Waals surface area contributed by atoms with Crippen LogP contribution in [-0.4, -0.2) is 40.2 Å². The number of carbonyl (C=O) groups excluding carboxylic acids is 1. The lowest BCUT2D eigenvalue weighted by Gasteiger charge is -2.17. The molecule has 0 saturated carbocycles. The minimum absolute atomic E-state index is 0.00898. The highest BCUT2D eigenvalue weighted by Gasteiger charge is 2.27. The minimum Gasteiger partial charge on any atom is -0.396 e.